The van der Waals surface area contributed by atoms with Crippen molar-refractivity contribution in [2.75, 3.05) is 23.7 Å². The van der Waals surface area contributed by atoms with Crippen molar-refractivity contribution >= 4 is 11.8 Å². The summed E-state index contributed by atoms with van der Waals surface area (Å²) < 4.78 is 0. The minimum Gasteiger partial charge on any atom is -0.368 e. The third kappa shape index (κ3) is 4.12. The quantitative estimate of drug-likeness (QED) is 0.633. The number of hydrogen-bond donors (Lipinski definition) is 3. The molecule has 4 aliphatic carbocycles. The van der Waals surface area contributed by atoms with Gasteiger partial charge in [-0.2, -0.15) is 10.2 Å². The van der Waals surface area contributed by atoms with Crippen molar-refractivity contribution < 1.29 is 0 Å². The van der Waals surface area contributed by atoms with E-state index in [1.54, 1.807) is 6.20 Å². The highest BCUT2D eigenvalue weighted by Crippen LogP contribution is 2.59. The fourth-order valence-corrected chi connectivity index (χ4v) is 6.59. The van der Waals surface area contributed by atoms with E-state index < -0.39 is 0 Å². The number of benzene rings is 1. The van der Waals surface area contributed by atoms with Gasteiger partial charge >= 0.3 is 0 Å². The summed E-state index contributed by atoms with van der Waals surface area (Å²) in [7, 11) is 0. The summed E-state index contributed by atoms with van der Waals surface area (Å²) in [5, 5.41) is 16.4. The number of hydrogen-bond acceptors (Lipinski definition) is 6. The zero-order valence-electron chi connectivity index (χ0n) is 18.3. The van der Waals surface area contributed by atoms with Gasteiger partial charge in [-0.15, -0.1) is 0 Å². The summed E-state index contributed by atoms with van der Waals surface area (Å²) >= 11 is 0. The molecule has 4 aliphatic rings. The maximum atomic E-state index is 9.55. The van der Waals surface area contributed by atoms with E-state index in [1.807, 2.05) is 0 Å². The van der Waals surface area contributed by atoms with E-state index in [2.05, 4.69) is 57.9 Å². The second-order valence-electron chi connectivity index (χ2n) is 10.1. The number of aromatic nitrogens is 2. The third-order valence-electron chi connectivity index (χ3n) is 7.79. The summed E-state index contributed by atoms with van der Waals surface area (Å²) in [6.45, 7) is 3.73. The van der Waals surface area contributed by atoms with E-state index in [-0.39, 0.29) is 0 Å². The molecule has 6 rings (SSSR count). The molecule has 0 amide bonds. The highest BCUT2D eigenvalue weighted by atomic mass is 15.1. The molecule has 5 atom stereocenters. The molecule has 2 aromatic rings. The van der Waals surface area contributed by atoms with Crippen LogP contribution in [-0.2, 0) is 6.42 Å². The molecule has 0 aliphatic heterocycles. The van der Waals surface area contributed by atoms with E-state index >= 15 is 0 Å². The molecule has 162 valence electrons. The van der Waals surface area contributed by atoms with Gasteiger partial charge in [-0.25, -0.2) is 4.98 Å². The molecule has 4 fully saturated rings. The molecule has 0 spiro atoms. The highest BCUT2D eigenvalue weighted by molar-refractivity contribution is 5.53. The standard InChI is InChI=1S/C25H32N6/c1-16-3-2-4-17(7-16)5-6-28-24-29-14-21(13-26)23(31-24)30-15-25-10-18-8-19(11-25)22(27)20(9-18)12-25/h2-4,7,14,18-20,22H,5-6,8-12,15,27H2,1H3,(H2,28,29,30,31)/t18?,19-,20+,22-,25-. The largest absolute Gasteiger partial charge is 0.368 e. The monoisotopic (exact) mass is 416 g/mol. The Morgan fingerprint density at radius 1 is 1.19 bits per heavy atom. The molecule has 31 heavy (non-hydrogen) atoms. The Kier molecular flexibility index (Phi) is 5.31. The Labute approximate surface area is 184 Å². The number of nitrogens with zero attached hydrogens (tertiary/aromatic N) is 3. The van der Waals surface area contributed by atoms with Crippen molar-refractivity contribution in [1.29, 1.82) is 5.26 Å². The summed E-state index contributed by atoms with van der Waals surface area (Å²) in [5.74, 6) is 3.40. The minimum atomic E-state index is 0.308. The summed E-state index contributed by atoms with van der Waals surface area (Å²) in [4.78, 5) is 8.99. The molecule has 6 heteroatoms. The normalized spacial score (nSPS) is 30.7. The van der Waals surface area contributed by atoms with Crippen LogP contribution in [0.1, 0.15) is 48.8 Å². The van der Waals surface area contributed by atoms with Gasteiger partial charge in [-0.3, -0.25) is 0 Å². The van der Waals surface area contributed by atoms with Gasteiger partial charge in [0, 0.05) is 19.1 Å². The van der Waals surface area contributed by atoms with E-state index in [1.165, 1.54) is 43.2 Å². The molecule has 4 saturated carbocycles. The van der Waals surface area contributed by atoms with Crippen LogP contribution in [0.25, 0.3) is 0 Å². The predicted octanol–water partition coefficient (Wildman–Crippen LogP) is 3.88. The molecule has 1 aromatic carbocycles. The first-order valence-electron chi connectivity index (χ1n) is 11.6. The Morgan fingerprint density at radius 2 is 2.00 bits per heavy atom. The number of nitriles is 1. The van der Waals surface area contributed by atoms with E-state index in [0.717, 1.165) is 25.4 Å². The van der Waals surface area contributed by atoms with Crippen molar-refractivity contribution in [3.8, 4) is 6.07 Å². The van der Waals surface area contributed by atoms with Crippen LogP contribution in [0.5, 0.6) is 0 Å². The summed E-state index contributed by atoms with van der Waals surface area (Å²) in [6, 6.07) is 11.2. The fourth-order valence-electron chi connectivity index (χ4n) is 6.59. The zero-order valence-corrected chi connectivity index (χ0v) is 18.3. The van der Waals surface area contributed by atoms with Crippen LogP contribution in [0.3, 0.4) is 0 Å². The van der Waals surface area contributed by atoms with Gasteiger partial charge in [-0.05, 0) is 74.2 Å². The average molecular weight is 417 g/mol. The summed E-state index contributed by atoms with van der Waals surface area (Å²) in [6.07, 6.45) is 8.86. The molecule has 0 radical (unpaired) electrons. The first kappa shape index (κ1) is 20.3. The van der Waals surface area contributed by atoms with Crippen LogP contribution in [-0.4, -0.2) is 29.1 Å². The maximum absolute atomic E-state index is 9.55. The maximum Gasteiger partial charge on any atom is 0.224 e. The topological polar surface area (TPSA) is 99.7 Å². The zero-order chi connectivity index (χ0) is 21.4. The second kappa shape index (κ2) is 8.12. The van der Waals surface area contributed by atoms with E-state index in [4.69, 9.17) is 5.73 Å². The van der Waals surface area contributed by atoms with Crippen molar-refractivity contribution in [1.82, 2.24) is 9.97 Å². The fraction of sp³-hybridized carbons (Fsp3) is 0.560. The predicted molar refractivity (Wildman–Crippen MR) is 123 cm³/mol. The molecule has 6 nitrogen and oxygen atoms in total. The number of nitrogens with one attached hydrogen (secondary N) is 2. The van der Waals surface area contributed by atoms with Crippen molar-refractivity contribution in [3.63, 3.8) is 0 Å². The van der Waals surface area contributed by atoms with E-state index in [0.29, 0.717) is 40.6 Å². The van der Waals surface area contributed by atoms with E-state index in [9.17, 15) is 5.26 Å². The molecule has 1 aromatic heterocycles. The van der Waals surface area contributed by atoms with Crippen molar-refractivity contribution in [2.45, 2.75) is 51.5 Å². The van der Waals surface area contributed by atoms with Crippen LogP contribution < -0.4 is 16.4 Å². The number of anilines is 2. The van der Waals surface area contributed by atoms with Gasteiger partial charge < -0.3 is 16.4 Å². The molecule has 4 bridgehead atoms. The number of nitrogens with two attached hydrogens (primary N) is 1. The Bertz CT molecular complexity index is 980. The van der Waals surface area contributed by atoms with Gasteiger partial charge in [0.2, 0.25) is 5.95 Å². The number of aryl methyl sites for hydroxylation is 1. The molecule has 1 heterocycles. The summed E-state index contributed by atoms with van der Waals surface area (Å²) in [5.41, 5.74) is 9.88. The van der Waals surface area contributed by atoms with Crippen LogP contribution in [0.4, 0.5) is 11.8 Å². The van der Waals surface area contributed by atoms with Gasteiger partial charge in [0.05, 0.1) is 6.20 Å². The average Bonchev–Trinajstić information content (AvgIpc) is 2.76. The molecular weight excluding hydrogens is 384 g/mol. The van der Waals surface area contributed by atoms with Crippen LogP contribution in [0.15, 0.2) is 30.5 Å². The lowest BCUT2D eigenvalue weighted by atomic mass is 9.48. The molecule has 1 unspecified atom stereocenters. The first-order valence-corrected chi connectivity index (χ1v) is 11.6. The third-order valence-corrected chi connectivity index (χ3v) is 7.79. The molecule has 4 N–H and O–H groups in total. The Balaban J connectivity index is 1.23. The van der Waals surface area contributed by atoms with Gasteiger partial charge in [0.15, 0.2) is 0 Å². The first-order chi connectivity index (χ1) is 15.0. The molecule has 0 saturated heterocycles. The van der Waals surface area contributed by atoms with Gasteiger partial charge in [0.25, 0.3) is 0 Å². The SMILES string of the molecule is Cc1cccc(CCNc2ncc(C#N)c(NC[C@]34CC5C[C@H](C3)[C@@H](N)[C@@H](C5)C4)n2)c1. The lowest BCUT2D eigenvalue weighted by molar-refractivity contribution is -0.0591. The lowest BCUT2D eigenvalue weighted by Gasteiger charge is -2.59. The minimum absolute atomic E-state index is 0.308. The Hall–Kier alpha value is -2.65. The van der Waals surface area contributed by atoms with Crippen LogP contribution >= 0.6 is 0 Å². The van der Waals surface area contributed by atoms with Gasteiger partial charge in [0.1, 0.15) is 17.5 Å². The second-order valence-corrected chi connectivity index (χ2v) is 10.1. The Morgan fingerprint density at radius 3 is 2.74 bits per heavy atom. The smallest absolute Gasteiger partial charge is 0.224 e. The van der Waals surface area contributed by atoms with Gasteiger partial charge in [-0.1, -0.05) is 29.8 Å². The lowest BCUT2D eigenvalue weighted by Crippen LogP contribution is -2.58. The van der Waals surface area contributed by atoms with Crippen molar-refractivity contribution in [3.05, 3.63) is 47.2 Å². The van der Waals surface area contributed by atoms with Crippen LogP contribution in [0, 0.1) is 41.4 Å². The number of rotatable bonds is 7. The molecular formula is C25H32N6. The van der Waals surface area contributed by atoms with Crippen LogP contribution in [0.2, 0.25) is 0 Å². The van der Waals surface area contributed by atoms with Crippen molar-refractivity contribution in [2.24, 2.45) is 28.9 Å². The highest BCUT2D eigenvalue weighted by Gasteiger charge is 2.54.